The van der Waals surface area contributed by atoms with Crippen molar-refractivity contribution in [2.24, 2.45) is 4.99 Å². The van der Waals surface area contributed by atoms with Crippen molar-refractivity contribution in [1.29, 1.82) is 0 Å². The van der Waals surface area contributed by atoms with E-state index in [1.165, 1.54) is 18.2 Å². The maximum absolute atomic E-state index is 11.8. The molecule has 2 heterocycles. The van der Waals surface area contributed by atoms with Crippen molar-refractivity contribution in [3.8, 4) is 0 Å². The molecule has 1 unspecified atom stereocenters. The number of benzene rings is 2. The summed E-state index contributed by atoms with van der Waals surface area (Å²) in [4.78, 5) is 35.2. The third-order valence-electron chi connectivity index (χ3n) is 5.51. The molecule has 8 nitrogen and oxygen atoms in total. The molecule has 1 aliphatic heterocycles. The van der Waals surface area contributed by atoms with Gasteiger partial charge in [0.2, 0.25) is 0 Å². The van der Waals surface area contributed by atoms with Crippen molar-refractivity contribution < 1.29 is 14.8 Å². The first kappa shape index (κ1) is 18.7. The van der Waals surface area contributed by atoms with Gasteiger partial charge in [0.25, 0.3) is 5.69 Å². The number of carboxylic acids is 1. The van der Waals surface area contributed by atoms with Crippen LogP contribution in [0.5, 0.6) is 0 Å². The van der Waals surface area contributed by atoms with Crippen LogP contribution in [0.2, 0.25) is 0 Å². The van der Waals surface area contributed by atoms with Gasteiger partial charge in [-0.25, -0.2) is 9.78 Å². The highest BCUT2D eigenvalue weighted by molar-refractivity contribution is 6.12. The zero-order chi connectivity index (χ0) is 21.6. The van der Waals surface area contributed by atoms with E-state index in [0.29, 0.717) is 29.0 Å². The monoisotopic (exact) mass is 412 g/mol. The zero-order valence-electron chi connectivity index (χ0n) is 16.1. The summed E-state index contributed by atoms with van der Waals surface area (Å²) >= 11 is 0. The Hall–Kier alpha value is -4.33. The molecule has 2 N–H and O–H groups in total. The van der Waals surface area contributed by atoms with Crippen molar-refractivity contribution in [3.63, 3.8) is 0 Å². The van der Waals surface area contributed by atoms with Gasteiger partial charge >= 0.3 is 5.97 Å². The second kappa shape index (κ2) is 6.88. The van der Waals surface area contributed by atoms with Gasteiger partial charge in [0.15, 0.2) is 0 Å². The van der Waals surface area contributed by atoms with Gasteiger partial charge in [0.05, 0.1) is 44.8 Å². The SMILES string of the molecule is O=C(O)c1ccc2nc(C3(c4ccccc4[N+](=O)[O-])C=CC4=NCC=CC4=C3)[nH]c2c1. The predicted molar refractivity (Wildman–Crippen MR) is 116 cm³/mol. The van der Waals surface area contributed by atoms with E-state index >= 15 is 0 Å². The summed E-state index contributed by atoms with van der Waals surface area (Å²) in [6.45, 7) is 0.581. The fraction of sp³-hybridized carbons (Fsp3) is 0.0870. The van der Waals surface area contributed by atoms with Gasteiger partial charge in [-0.2, -0.15) is 0 Å². The summed E-state index contributed by atoms with van der Waals surface area (Å²) in [5, 5.41) is 21.1. The molecule has 5 rings (SSSR count). The molecule has 0 saturated heterocycles. The third kappa shape index (κ3) is 2.96. The molecule has 0 amide bonds. The van der Waals surface area contributed by atoms with Gasteiger partial charge in [0, 0.05) is 6.07 Å². The van der Waals surface area contributed by atoms with E-state index < -0.39 is 16.3 Å². The molecule has 1 aliphatic carbocycles. The van der Waals surface area contributed by atoms with Crippen molar-refractivity contribution in [3.05, 3.63) is 105 Å². The number of aromatic nitrogens is 2. The average Bonchev–Trinajstić information content (AvgIpc) is 3.22. The van der Waals surface area contributed by atoms with Crippen molar-refractivity contribution in [2.45, 2.75) is 5.41 Å². The molecule has 31 heavy (non-hydrogen) atoms. The van der Waals surface area contributed by atoms with Crippen molar-refractivity contribution in [1.82, 2.24) is 9.97 Å². The molecular weight excluding hydrogens is 396 g/mol. The number of carboxylic acid groups (broad SMARTS) is 1. The van der Waals surface area contributed by atoms with Gasteiger partial charge in [0.1, 0.15) is 5.82 Å². The lowest BCUT2D eigenvalue weighted by atomic mass is 9.73. The fourth-order valence-electron chi connectivity index (χ4n) is 4.05. The second-order valence-corrected chi connectivity index (χ2v) is 7.33. The summed E-state index contributed by atoms with van der Waals surface area (Å²) in [7, 11) is 0. The molecule has 8 heteroatoms. The number of nitro groups is 1. The maximum Gasteiger partial charge on any atom is 0.335 e. The maximum atomic E-state index is 11.8. The number of nitrogens with one attached hydrogen (secondary N) is 1. The van der Waals surface area contributed by atoms with E-state index in [9.17, 15) is 20.0 Å². The lowest BCUT2D eigenvalue weighted by molar-refractivity contribution is -0.385. The van der Waals surface area contributed by atoms with Gasteiger partial charge in [-0.05, 0) is 29.8 Å². The molecular formula is C23H16N4O4. The predicted octanol–water partition coefficient (Wildman–Crippen LogP) is 3.96. The summed E-state index contributed by atoms with van der Waals surface area (Å²) in [6, 6.07) is 11.2. The van der Waals surface area contributed by atoms with Gasteiger partial charge < -0.3 is 10.1 Å². The number of aromatic amines is 1. The molecule has 1 aromatic heterocycles. The van der Waals surface area contributed by atoms with Crippen molar-refractivity contribution in [2.75, 3.05) is 6.54 Å². The Morgan fingerprint density at radius 1 is 1.19 bits per heavy atom. The summed E-state index contributed by atoms with van der Waals surface area (Å²) in [6.07, 6.45) is 9.49. The lowest BCUT2D eigenvalue weighted by Gasteiger charge is -2.30. The van der Waals surface area contributed by atoms with Crippen LogP contribution in [0.1, 0.15) is 21.7 Å². The Bertz CT molecular complexity index is 1380. The minimum absolute atomic E-state index is 0.0316. The molecule has 2 aromatic carbocycles. The van der Waals surface area contributed by atoms with E-state index in [1.807, 2.05) is 30.4 Å². The number of H-pyrrole nitrogens is 1. The standard InChI is InChI=1S/C23H16N4O4/c28-21(29)14-7-8-18-19(12-14)26-22(25-18)23(16-5-1-2-6-20(16)27(30)31)10-9-17-15(13-23)4-3-11-24-17/h1-10,12-13H,11H2,(H,25,26)(H,28,29). The molecule has 2 aliphatic rings. The van der Waals surface area contributed by atoms with Crippen LogP contribution in [0.4, 0.5) is 5.69 Å². The molecule has 3 aromatic rings. The Morgan fingerprint density at radius 2 is 2.03 bits per heavy atom. The Balaban J connectivity index is 1.80. The van der Waals surface area contributed by atoms with E-state index in [2.05, 4.69) is 9.98 Å². The molecule has 0 bridgehead atoms. The molecule has 0 saturated carbocycles. The van der Waals surface area contributed by atoms with E-state index in [4.69, 9.17) is 4.98 Å². The summed E-state index contributed by atoms with van der Waals surface area (Å²) in [5.74, 6) is -0.583. The quantitative estimate of drug-likeness (QED) is 0.496. The number of aliphatic imine (C=N–C) groups is 1. The van der Waals surface area contributed by atoms with E-state index in [-0.39, 0.29) is 11.3 Å². The second-order valence-electron chi connectivity index (χ2n) is 7.33. The highest BCUT2D eigenvalue weighted by Gasteiger charge is 2.40. The number of dihydropyridines is 1. The highest BCUT2D eigenvalue weighted by atomic mass is 16.6. The molecule has 0 radical (unpaired) electrons. The number of hydrogen-bond acceptors (Lipinski definition) is 5. The van der Waals surface area contributed by atoms with Crippen LogP contribution in [0.25, 0.3) is 11.0 Å². The highest BCUT2D eigenvalue weighted by Crippen LogP contribution is 2.42. The number of nitro benzene ring substituents is 1. The Kier molecular flexibility index (Phi) is 4.14. The summed E-state index contributed by atoms with van der Waals surface area (Å²) < 4.78 is 0. The van der Waals surface area contributed by atoms with Gasteiger partial charge in [-0.3, -0.25) is 15.1 Å². The Labute approximate surface area is 176 Å². The number of carbonyl (C=O) groups is 1. The first-order valence-corrected chi connectivity index (χ1v) is 9.59. The minimum atomic E-state index is -1.05. The topological polar surface area (TPSA) is 121 Å². The number of hydrogen-bond donors (Lipinski definition) is 2. The van der Waals surface area contributed by atoms with Crippen LogP contribution >= 0.6 is 0 Å². The van der Waals surface area contributed by atoms with Crippen LogP contribution in [0, 0.1) is 10.1 Å². The first-order chi connectivity index (χ1) is 15.0. The third-order valence-corrected chi connectivity index (χ3v) is 5.51. The lowest BCUT2D eigenvalue weighted by Crippen LogP contribution is -2.30. The average molecular weight is 412 g/mol. The van der Waals surface area contributed by atoms with Crippen LogP contribution in [-0.2, 0) is 5.41 Å². The van der Waals surface area contributed by atoms with Crippen molar-refractivity contribution >= 4 is 28.4 Å². The normalized spacial score (nSPS) is 19.6. The van der Waals surface area contributed by atoms with Crippen LogP contribution < -0.4 is 0 Å². The Morgan fingerprint density at radius 3 is 2.84 bits per heavy atom. The van der Waals surface area contributed by atoms with E-state index in [1.54, 1.807) is 24.3 Å². The van der Waals surface area contributed by atoms with Gasteiger partial charge in [-0.15, -0.1) is 0 Å². The molecule has 0 spiro atoms. The number of aromatic carboxylic acids is 1. The van der Waals surface area contributed by atoms with Crippen LogP contribution in [0.3, 0.4) is 0 Å². The number of rotatable bonds is 4. The molecule has 1 atom stereocenters. The van der Waals surface area contributed by atoms with Crippen LogP contribution in [0.15, 0.2) is 83.4 Å². The smallest absolute Gasteiger partial charge is 0.335 e. The fourth-order valence-corrected chi connectivity index (χ4v) is 4.05. The molecule has 0 fully saturated rings. The summed E-state index contributed by atoms with van der Waals surface area (Å²) in [5.41, 5.74) is 2.27. The van der Waals surface area contributed by atoms with Crippen LogP contribution in [-0.4, -0.2) is 38.2 Å². The number of allylic oxidation sites excluding steroid dienone is 5. The minimum Gasteiger partial charge on any atom is -0.478 e. The largest absolute Gasteiger partial charge is 0.478 e. The van der Waals surface area contributed by atoms with Gasteiger partial charge in [-0.1, -0.05) is 42.5 Å². The number of fused-ring (bicyclic) bond motifs is 2. The number of nitrogens with zero attached hydrogens (tertiary/aromatic N) is 3. The zero-order valence-corrected chi connectivity index (χ0v) is 16.1. The van der Waals surface area contributed by atoms with E-state index in [0.717, 1.165) is 11.3 Å². The first-order valence-electron chi connectivity index (χ1n) is 9.59. The number of para-hydroxylation sites is 1. The molecule has 152 valence electrons. The number of imidazole rings is 1.